The van der Waals surface area contributed by atoms with E-state index < -0.39 is 35.7 Å². The first kappa shape index (κ1) is 43.1. The molecular weight excluding hydrogens is 566 g/mol. The summed E-state index contributed by atoms with van der Waals surface area (Å²) >= 11 is 0. The number of unbranched alkanes of at least 4 members (excludes halogenated alkanes) is 18. The molecule has 0 saturated carbocycles. The lowest BCUT2D eigenvalue weighted by molar-refractivity contribution is -0.935. The van der Waals surface area contributed by atoms with Crippen LogP contribution in [-0.2, 0) is 14.4 Å². The van der Waals surface area contributed by atoms with Gasteiger partial charge in [-0.2, -0.15) is 0 Å². The second-order valence-corrected chi connectivity index (χ2v) is 13.6. The van der Waals surface area contributed by atoms with Crippen LogP contribution in [0.4, 0.5) is 0 Å². The van der Waals surface area contributed by atoms with Crippen LogP contribution in [0, 0.1) is 17.8 Å². The van der Waals surface area contributed by atoms with Gasteiger partial charge in [-0.25, -0.2) is 0 Å². The van der Waals surface area contributed by atoms with Crippen LogP contribution in [0.3, 0.4) is 0 Å². The van der Waals surface area contributed by atoms with Crippen molar-refractivity contribution in [3.05, 3.63) is 12.2 Å². The quantitative estimate of drug-likeness (QED) is 0.0422. The zero-order valence-corrected chi connectivity index (χ0v) is 29.7. The van der Waals surface area contributed by atoms with Crippen molar-refractivity contribution in [2.45, 2.75) is 169 Å². The van der Waals surface area contributed by atoms with E-state index in [1.54, 1.807) is 6.92 Å². The maximum absolute atomic E-state index is 12.0. The van der Waals surface area contributed by atoms with Crippen molar-refractivity contribution in [2.24, 2.45) is 17.8 Å². The molecule has 0 saturated heterocycles. The van der Waals surface area contributed by atoms with Crippen molar-refractivity contribution in [1.29, 1.82) is 0 Å². The minimum Gasteiger partial charge on any atom is -0.550 e. The number of nitrogens with zero attached hydrogens (tertiary/aromatic N) is 1. The van der Waals surface area contributed by atoms with Gasteiger partial charge in [-0.05, 0) is 51.9 Å². The average Bonchev–Trinajstić information content (AvgIpc) is 3.01. The predicted octanol–water partition coefficient (Wildman–Crippen LogP) is 8.79. The number of hydrogen-bond donors (Lipinski definition) is 2. The van der Waals surface area contributed by atoms with Crippen LogP contribution >= 0.6 is 0 Å². The molecule has 0 fully saturated rings. The monoisotopic (exact) mass is 638 g/mol. The molecule has 2 N–H and O–H groups in total. The van der Waals surface area contributed by atoms with Gasteiger partial charge in [-0.1, -0.05) is 129 Å². The Balaban J connectivity index is 4.45. The largest absolute Gasteiger partial charge is 0.550 e. The molecule has 0 aliphatic heterocycles. The van der Waals surface area contributed by atoms with Gasteiger partial charge in [0.15, 0.2) is 0 Å². The third-order valence-corrected chi connectivity index (χ3v) is 9.82. The fourth-order valence-corrected chi connectivity index (χ4v) is 6.74. The Hall–Kier alpha value is -1.89. The Morgan fingerprint density at radius 3 is 1.16 bits per heavy atom. The molecule has 45 heavy (non-hydrogen) atoms. The molecule has 264 valence electrons. The van der Waals surface area contributed by atoms with Gasteiger partial charge in [0.25, 0.3) is 0 Å². The first-order valence-electron chi connectivity index (χ1n) is 18.8. The van der Waals surface area contributed by atoms with Crippen LogP contribution < -0.4 is 5.11 Å². The van der Waals surface area contributed by atoms with Crippen LogP contribution in [0.1, 0.15) is 169 Å². The molecule has 0 aromatic heterocycles. The van der Waals surface area contributed by atoms with E-state index in [0.29, 0.717) is 25.8 Å². The van der Waals surface area contributed by atoms with Gasteiger partial charge in [-0.3, -0.25) is 9.59 Å². The zero-order chi connectivity index (χ0) is 33.8. The lowest BCUT2D eigenvalue weighted by Crippen LogP contribution is -2.59. The van der Waals surface area contributed by atoms with Crippen molar-refractivity contribution < 1.29 is 34.2 Å². The number of quaternary nitrogens is 1. The van der Waals surface area contributed by atoms with Crippen molar-refractivity contribution >= 4 is 17.9 Å². The standard InChI is InChI=1S/C38H71NO6/c1-5-9-10-11-12-13-14-15-16-17-18-19-20-21-22-23-24-25-26-27-28-29-39(30-33(6-2)36(40)41,31-34(7-3)37(42)43)32-35(8-4)38(44)45/h5,9,33-35H,6-8,10-32H2,1-4H3,(H2-,40,41,42,43,44,45)/b9-5+. The Kier molecular flexibility index (Phi) is 27.2. The Morgan fingerprint density at radius 2 is 0.867 bits per heavy atom. The van der Waals surface area contributed by atoms with Gasteiger partial charge in [-0.15, -0.1) is 0 Å². The number of carbonyl (C=O) groups is 3. The Labute approximate surface area is 276 Å². The normalized spacial score (nSPS) is 15.1. The molecule has 0 heterocycles. The summed E-state index contributed by atoms with van der Waals surface area (Å²) in [7, 11) is 0. The predicted molar refractivity (Wildman–Crippen MR) is 184 cm³/mol. The molecule has 0 aromatic rings. The van der Waals surface area contributed by atoms with Gasteiger partial charge in [0.2, 0.25) is 0 Å². The minimum atomic E-state index is -1.14. The van der Waals surface area contributed by atoms with E-state index in [4.69, 9.17) is 0 Å². The molecule has 0 aliphatic rings. The minimum absolute atomic E-state index is 0.221. The topological polar surface area (TPSA) is 115 Å². The highest BCUT2D eigenvalue weighted by Crippen LogP contribution is 2.25. The summed E-state index contributed by atoms with van der Waals surface area (Å²) in [6, 6.07) is 0. The molecule has 0 aromatic carbocycles. The van der Waals surface area contributed by atoms with Gasteiger partial charge < -0.3 is 24.6 Å². The number of allylic oxidation sites excluding steroid dienone is 2. The van der Waals surface area contributed by atoms with Gasteiger partial charge in [0.1, 0.15) is 11.8 Å². The zero-order valence-electron chi connectivity index (χ0n) is 29.7. The van der Waals surface area contributed by atoms with Crippen molar-refractivity contribution in [3.8, 4) is 0 Å². The lowest BCUT2D eigenvalue weighted by atomic mass is 9.95. The Morgan fingerprint density at radius 1 is 0.556 bits per heavy atom. The number of hydrogen-bond acceptors (Lipinski definition) is 4. The highest BCUT2D eigenvalue weighted by Gasteiger charge is 2.39. The number of aliphatic carboxylic acids is 3. The number of carboxylic acid groups (broad SMARTS) is 3. The summed E-state index contributed by atoms with van der Waals surface area (Å²) < 4.78 is 0.221. The molecule has 0 rings (SSSR count). The molecule has 0 bridgehead atoms. The van der Waals surface area contributed by atoms with E-state index in [1.165, 1.54) is 103 Å². The maximum Gasteiger partial charge on any atom is 0.312 e. The molecule has 0 radical (unpaired) electrons. The van der Waals surface area contributed by atoms with Crippen molar-refractivity contribution in [1.82, 2.24) is 0 Å². The smallest absolute Gasteiger partial charge is 0.312 e. The second-order valence-electron chi connectivity index (χ2n) is 13.6. The maximum atomic E-state index is 12.0. The van der Waals surface area contributed by atoms with E-state index >= 15 is 0 Å². The first-order valence-corrected chi connectivity index (χ1v) is 18.8. The molecular formula is C38H71NO6. The van der Waals surface area contributed by atoms with E-state index in [-0.39, 0.29) is 24.1 Å². The summed E-state index contributed by atoms with van der Waals surface area (Å²) in [6.07, 6.45) is 29.9. The number of carboxylic acids is 3. The third kappa shape index (κ3) is 22.3. The molecule has 0 amide bonds. The van der Waals surface area contributed by atoms with Gasteiger partial charge >= 0.3 is 11.9 Å². The molecule has 0 aliphatic carbocycles. The highest BCUT2D eigenvalue weighted by atomic mass is 16.4. The van der Waals surface area contributed by atoms with E-state index in [2.05, 4.69) is 19.1 Å². The van der Waals surface area contributed by atoms with Crippen molar-refractivity contribution in [2.75, 3.05) is 26.2 Å². The highest BCUT2D eigenvalue weighted by molar-refractivity contribution is 5.70. The molecule has 7 nitrogen and oxygen atoms in total. The first-order chi connectivity index (χ1) is 21.7. The van der Waals surface area contributed by atoms with E-state index in [9.17, 15) is 29.7 Å². The van der Waals surface area contributed by atoms with Crippen LogP contribution in [0.15, 0.2) is 12.2 Å². The molecule has 3 atom stereocenters. The number of rotatable bonds is 33. The number of carbonyl (C=O) groups excluding carboxylic acids is 1. The summed E-state index contributed by atoms with van der Waals surface area (Å²) in [5, 5.41) is 31.6. The summed E-state index contributed by atoms with van der Waals surface area (Å²) in [4.78, 5) is 35.9. The third-order valence-electron chi connectivity index (χ3n) is 9.82. The van der Waals surface area contributed by atoms with Gasteiger partial charge in [0.05, 0.1) is 32.1 Å². The fraction of sp³-hybridized carbons (Fsp3) is 0.868. The summed E-state index contributed by atoms with van der Waals surface area (Å²) in [5.74, 6) is -4.93. The van der Waals surface area contributed by atoms with Crippen LogP contribution in [0.25, 0.3) is 0 Å². The summed E-state index contributed by atoms with van der Waals surface area (Å²) in [5.41, 5.74) is 0. The Bertz CT molecular complexity index is 722. The molecule has 0 spiro atoms. The van der Waals surface area contributed by atoms with E-state index in [0.717, 1.165) is 19.3 Å². The second kappa shape index (κ2) is 28.3. The molecule has 3 unspecified atom stereocenters. The fourth-order valence-electron chi connectivity index (χ4n) is 6.74. The lowest BCUT2D eigenvalue weighted by Gasteiger charge is -2.44. The van der Waals surface area contributed by atoms with Crippen LogP contribution in [0.2, 0.25) is 0 Å². The van der Waals surface area contributed by atoms with Crippen LogP contribution in [-0.4, -0.2) is 58.8 Å². The summed E-state index contributed by atoms with van der Waals surface area (Å²) in [6.45, 7) is 8.91. The molecule has 7 heteroatoms. The SMILES string of the molecule is C/C=C/CCCCCCCCCCCCCCCCCCCC[N+](CC(CC)C(=O)[O-])(CC(CC)C(=O)O)CC(CC)C(=O)O. The van der Waals surface area contributed by atoms with E-state index in [1.807, 2.05) is 13.8 Å². The average molecular weight is 638 g/mol. The van der Waals surface area contributed by atoms with Crippen molar-refractivity contribution in [3.63, 3.8) is 0 Å². The van der Waals surface area contributed by atoms with Crippen LogP contribution in [0.5, 0.6) is 0 Å². The van der Waals surface area contributed by atoms with Gasteiger partial charge in [0, 0.05) is 5.92 Å².